The highest BCUT2D eigenvalue weighted by atomic mass is 35.5. The van der Waals surface area contributed by atoms with Crippen molar-refractivity contribution in [2.75, 3.05) is 0 Å². The molecule has 94 valence electrons. The fourth-order valence-corrected chi connectivity index (χ4v) is 1.89. The molecule has 0 unspecified atom stereocenters. The van der Waals surface area contributed by atoms with Crippen molar-refractivity contribution in [3.05, 3.63) is 50.9 Å². The van der Waals surface area contributed by atoms with Crippen molar-refractivity contribution in [2.24, 2.45) is 0 Å². The molecule has 6 heteroatoms. The fourth-order valence-electron chi connectivity index (χ4n) is 1.30. The number of carbonyl (C=O) groups is 1. The second kappa shape index (κ2) is 5.65. The summed E-state index contributed by atoms with van der Waals surface area (Å²) in [6, 6.07) is 6.40. The molecule has 1 heterocycles. The van der Waals surface area contributed by atoms with Crippen molar-refractivity contribution < 1.29 is 13.9 Å². The topological polar surface area (TPSA) is 39.4 Å². The molecule has 0 aliphatic rings. The summed E-state index contributed by atoms with van der Waals surface area (Å²) >= 11 is 17.6. The Morgan fingerprint density at radius 2 is 1.89 bits per heavy atom. The van der Waals surface area contributed by atoms with Gasteiger partial charge in [0.2, 0.25) is 0 Å². The minimum Gasteiger partial charge on any atom is -0.484 e. The average Bonchev–Trinajstić information content (AvgIpc) is 2.83. The Hall–Kier alpha value is -1.16. The first-order chi connectivity index (χ1) is 8.61. The van der Waals surface area contributed by atoms with Gasteiger partial charge in [-0.3, -0.25) is 4.79 Å². The summed E-state index contributed by atoms with van der Waals surface area (Å²) in [5.41, 5.74) is 0. The smallest absolute Gasteiger partial charge is 0.185 e. The molecule has 0 saturated carbocycles. The van der Waals surface area contributed by atoms with Crippen LogP contribution in [0.2, 0.25) is 15.1 Å². The van der Waals surface area contributed by atoms with Gasteiger partial charge in [0, 0.05) is 0 Å². The summed E-state index contributed by atoms with van der Waals surface area (Å²) in [5.74, 6) is 1.16. The number of halogens is 3. The van der Waals surface area contributed by atoms with Crippen LogP contribution in [0.3, 0.4) is 0 Å². The van der Waals surface area contributed by atoms with Gasteiger partial charge < -0.3 is 9.15 Å². The van der Waals surface area contributed by atoms with Crippen molar-refractivity contribution >= 4 is 41.1 Å². The predicted molar refractivity (Wildman–Crippen MR) is 69.9 cm³/mol. The Morgan fingerprint density at radius 1 is 1.11 bits per heavy atom. The number of aldehydes is 1. The van der Waals surface area contributed by atoms with E-state index in [0.717, 1.165) is 0 Å². The molecule has 2 rings (SSSR count). The summed E-state index contributed by atoms with van der Waals surface area (Å²) < 4.78 is 10.6. The standard InChI is InChI=1S/C12H7Cl3O3/c13-9-3-4-10(12(15)11(9)14)17-6-8-2-1-7(5-16)18-8/h1-5H,6H2. The lowest BCUT2D eigenvalue weighted by Crippen LogP contribution is -1.94. The molecule has 3 nitrogen and oxygen atoms in total. The maximum Gasteiger partial charge on any atom is 0.185 e. The van der Waals surface area contributed by atoms with E-state index in [0.29, 0.717) is 22.8 Å². The summed E-state index contributed by atoms with van der Waals surface area (Å²) in [6.07, 6.45) is 0.621. The molecule has 0 N–H and O–H groups in total. The lowest BCUT2D eigenvalue weighted by atomic mass is 10.3. The zero-order chi connectivity index (χ0) is 13.1. The number of hydrogen-bond donors (Lipinski definition) is 0. The number of benzene rings is 1. The third-order valence-corrected chi connectivity index (χ3v) is 3.44. The molecule has 0 bridgehead atoms. The molecule has 2 aromatic rings. The Bertz CT molecular complexity index is 578. The van der Waals surface area contributed by atoms with Crippen LogP contribution in [0.4, 0.5) is 0 Å². The van der Waals surface area contributed by atoms with Crippen LogP contribution in [0.5, 0.6) is 5.75 Å². The molecule has 18 heavy (non-hydrogen) atoms. The molecule has 1 aromatic heterocycles. The van der Waals surface area contributed by atoms with E-state index in [-0.39, 0.29) is 22.4 Å². The van der Waals surface area contributed by atoms with E-state index in [9.17, 15) is 4.79 Å². The van der Waals surface area contributed by atoms with Gasteiger partial charge in [-0.2, -0.15) is 0 Å². The summed E-state index contributed by atoms with van der Waals surface area (Å²) in [5, 5.41) is 0.838. The number of carbonyl (C=O) groups excluding carboxylic acids is 1. The van der Waals surface area contributed by atoms with Crippen molar-refractivity contribution in [3.8, 4) is 5.75 Å². The van der Waals surface area contributed by atoms with E-state index >= 15 is 0 Å². The van der Waals surface area contributed by atoms with Gasteiger partial charge in [0.15, 0.2) is 12.0 Å². The normalized spacial score (nSPS) is 10.4. The van der Waals surface area contributed by atoms with Gasteiger partial charge in [-0.05, 0) is 24.3 Å². The van der Waals surface area contributed by atoms with Crippen LogP contribution >= 0.6 is 34.8 Å². The van der Waals surface area contributed by atoms with Gasteiger partial charge in [-0.25, -0.2) is 0 Å². The first-order valence-electron chi connectivity index (χ1n) is 4.92. The third kappa shape index (κ3) is 2.80. The lowest BCUT2D eigenvalue weighted by molar-refractivity contribution is 0.109. The Morgan fingerprint density at radius 3 is 2.56 bits per heavy atom. The molecule has 0 fully saturated rings. The van der Waals surface area contributed by atoms with Crippen molar-refractivity contribution in [2.45, 2.75) is 6.61 Å². The van der Waals surface area contributed by atoms with Crippen LogP contribution in [0, 0.1) is 0 Å². The molecule has 0 saturated heterocycles. The maximum atomic E-state index is 10.4. The third-order valence-electron chi connectivity index (χ3n) is 2.17. The van der Waals surface area contributed by atoms with Gasteiger partial charge in [-0.1, -0.05) is 34.8 Å². The zero-order valence-electron chi connectivity index (χ0n) is 8.95. The number of ether oxygens (including phenoxy) is 1. The Kier molecular flexibility index (Phi) is 4.17. The highest BCUT2D eigenvalue weighted by molar-refractivity contribution is 6.48. The zero-order valence-corrected chi connectivity index (χ0v) is 11.2. The molecule has 0 aliphatic carbocycles. The van der Waals surface area contributed by atoms with Crippen LogP contribution in [0.25, 0.3) is 0 Å². The van der Waals surface area contributed by atoms with E-state index in [4.69, 9.17) is 44.0 Å². The van der Waals surface area contributed by atoms with Crippen molar-refractivity contribution in [3.63, 3.8) is 0 Å². The second-order valence-electron chi connectivity index (χ2n) is 3.38. The highest BCUT2D eigenvalue weighted by Crippen LogP contribution is 2.37. The molecule has 0 radical (unpaired) electrons. The first kappa shape index (κ1) is 13.3. The SMILES string of the molecule is O=Cc1ccc(COc2ccc(Cl)c(Cl)c2Cl)o1. The average molecular weight is 306 g/mol. The summed E-state index contributed by atoms with van der Waals surface area (Å²) in [7, 11) is 0. The largest absolute Gasteiger partial charge is 0.484 e. The van der Waals surface area contributed by atoms with Crippen LogP contribution in [-0.4, -0.2) is 6.29 Å². The maximum absolute atomic E-state index is 10.4. The second-order valence-corrected chi connectivity index (χ2v) is 4.55. The fraction of sp³-hybridized carbons (Fsp3) is 0.0833. The van der Waals surface area contributed by atoms with Crippen molar-refractivity contribution in [1.29, 1.82) is 0 Å². The van der Waals surface area contributed by atoms with Crippen LogP contribution < -0.4 is 4.74 Å². The first-order valence-corrected chi connectivity index (χ1v) is 6.05. The Balaban J connectivity index is 2.10. The quantitative estimate of drug-likeness (QED) is 0.610. The monoisotopic (exact) mass is 304 g/mol. The lowest BCUT2D eigenvalue weighted by Gasteiger charge is -2.08. The molecular weight excluding hydrogens is 298 g/mol. The Labute approximate surface area is 118 Å². The summed E-state index contributed by atoms with van der Waals surface area (Å²) in [6.45, 7) is 0.144. The molecule has 0 atom stereocenters. The van der Waals surface area contributed by atoms with Gasteiger partial charge in [0.25, 0.3) is 0 Å². The van der Waals surface area contributed by atoms with E-state index in [1.165, 1.54) is 0 Å². The predicted octanol–water partition coefficient (Wildman–Crippen LogP) is 4.63. The number of rotatable bonds is 4. The minimum absolute atomic E-state index is 0.144. The van der Waals surface area contributed by atoms with E-state index in [2.05, 4.69) is 0 Å². The number of furan rings is 1. The van der Waals surface area contributed by atoms with Crippen LogP contribution in [-0.2, 0) is 6.61 Å². The molecular formula is C12H7Cl3O3. The van der Waals surface area contributed by atoms with Crippen LogP contribution in [0.1, 0.15) is 16.3 Å². The van der Waals surface area contributed by atoms with E-state index in [1.807, 2.05) is 0 Å². The van der Waals surface area contributed by atoms with Gasteiger partial charge in [0.05, 0.1) is 10.0 Å². The van der Waals surface area contributed by atoms with E-state index < -0.39 is 0 Å². The van der Waals surface area contributed by atoms with E-state index in [1.54, 1.807) is 24.3 Å². The minimum atomic E-state index is 0.144. The highest BCUT2D eigenvalue weighted by Gasteiger charge is 2.10. The van der Waals surface area contributed by atoms with Gasteiger partial charge in [0.1, 0.15) is 23.1 Å². The molecule has 0 spiro atoms. The molecule has 1 aromatic carbocycles. The van der Waals surface area contributed by atoms with Crippen LogP contribution in [0.15, 0.2) is 28.7 Å². The van der Waals surface area contributed by atoms with Crippen molar-refractivity contribution in [1.82, 2.24) is 0 Å². The van der Waals surface area contributed by atoms with Gasteiger partial charge in [-0.15, -0.1) is 0 Å². The molecule has 0 aliphatic heterocycles. The molecule has 0 amide bonds. The van der Waals surface area contributed by atoms with Gasteiger partial charge >= 0.3 is 0 Å². The summed E-state index contributed by atoms with van der Waals surface area (Å²) in [4.78, 5) is 10.4. The number of hydrogen-bond acceptors (Lipinski definition) is 3.